The molecule has 0 aromatic carbocycles. The van der Waals surface area contributed by atoms with Crippen LogP contribution in [0.1, 0.15) is 35.5 Å². The summed E-state index contributed by atoms with van der Waals surface area (Å²) in [4.78, 5) is 14.5. The quantitative estimate of drug-likeness (QED) is 0.742. The van der Waals surface area contributed by atoms with Crippen LogP contribution in [-0.2, 0) is 6.42 Å². The van der Waals surface area contributed by atoms with Crippen molar-refractivity contribution in [1.29, 1.82) is 0 Å². The highest BCUT2D eigenvalue weighted by Crippen LogP contribution is 2.27. The Morgan fingerprint density at radius 2 is 2.29 bits per heavy atom. The summed E-state index contributed by atoms with van der Waals surface area (Å²) in [5.74, 6) is 0.0626. The highest BCUT2D eigenvalue weighted by molar-refractivity contribution is 6.00. The number of ketones is 1. The molecule has 0 spiro atoms. The molecule has 2 rings (SSSR count). The highest BCUT2D eigenvalue weighted by atomic mass is 16.3. The zero-order chi connectivity index (χ0) is 10.3. The molecule has 3 nitrogen and oxygen atoms in total. The molecule has 0 saturated heterocycles. The normalized spacial score (nSPS) is 11.1. The number of H-pyrrole nitrogens is 1. The zero-order valence-electron chi connectivity index (χ0n) is 8.60. The van der Waals surface area contributed by atoms with Crippen LogP contribution < -0.4 is 0 Å². The summed E-state index contributed by atoms with van der Waals surface area (Å²) in [5.41, 5.74) is 4.50. The van der Waals surface area contributed by atoms with Crippen molar-refractivity contribution < 1.29 is 9.21 Å². The van der Waals surface area contributed by atoms with Gasteiger partial charge in [0.05, 0.1) is 17.5 Å². The van der Waals surface area contributed by atoms with Crippen LogP contribution >= 0.6 is 0 Å². The van der Waals surface area contributed by atoms with E-state index < -0.39 is 0 Å². The molecule has 0 aliphatic rings. The Morgan fingerprint density at radius 1 is 1.57 bits per heavy atom. The first-order chi connectivity index (χ1) is 6.65. The third kappa shape index (κ3) is 1.09. The molecule has 2 aromatic heterocycles. The monoisotopic (exact) mass is 191 g/mol. The lowest BCUT2D eigenvalue weighted by atomic mass is 10.1. The number of carbonyl (C=O) groups excluding carboxylic acids is 1. The third-order valence-electron chi connectivity index (χ3n) is 2.51. The van der Waals surface area contributed by atoms with E-state index in [0.29, 0.717) is 5.69 Å². The van der Waals surface area contributed by atoms with Gasteiger partial charge < -0.3 is 9.40 Å². The number of Topliss-reactive ketones (excluding diaryl/α,β-unsaturated/α-hetero) is 1. The molecule has 0 aliphatic heterocycles. The Labute approximate surface area is 82.1 Å². The summed E-state index contributed by atoms with van der Waals surface area (Å²) in [6.07, 6.45) is 2.52. The van der Waals surface area contributed by atoms with E-state index in [0.717, 1.165) is 28.6 Å². The fraction of sp³-hybridized carbons (Fsp3) is 0.364. The molecule has 1 N–H and O–H groups in total. The molecular weight excluding hydrogens is 178 g/mol. The average Bonchev–Trinajstić information content (AvgIpc) is 2.66. The number of aromatic amines is 1. The van der Waals surface area contributed by atoms with E-state index in [-0.39, 0.29) is 5.78 Å². The largest absolute Gasteiger partial charge is 0.462 e. The molecule has 0 radical (unpaired) electrons. The van der Waals surface area contributed by atoms with Crippen molar-refractivity contribution in [2.75, 3.05) is 0 Å². The summed E-state index contributed by atoms with van der Waals surface area (Å²) < 4.78 is 5.42. The number of rotatable bonds is 2. The maximum Gasteiger partial charge on any atom is 0.176 e. The molecule has 14 heavy (non-hydrogen) atoms. The van der Waals surface area contributed by atoms with E-state index in [1.54, 1.807) is 13.2 Å². The third-order valence-corrected chi connectivity index (χ3v) is 2.51. The SMILES string of the molecule is CCc1c(C(C)=O)[nH]c2c(C)coc12. The van der Waals surface area contributed by atoms with Crippen LogP contribution in [0.2, 0.25) is 0 Å². The molecule has 2 aromatic rings. The molecular formula is C11H13NO2. The molecule has 0 aliphatic carbocycles. The number of nitrogens with one attached hydrogen (secondary N) is 1. The molecule has 3 heteroatoms. The van der Waals surface area contributed by atoms with Gasteiger partial charge in [0.2, 0.25) is 0 Å². The van der Waals surface area contributed by atoms with E-state index in [9.17, 15) is 4.79 Å². The van der Waals surface area contributed by atoms with Crippen molar-refractivity contribution in [2.45, 2.75) is 27.2 Å². The second-order valence-electron chi connectivity index (χ2n) is 3.51. The van der Waals surface area contributed by atoms with Crippen molar-refractivity contribution >= 4 is 16.9 Å². The van der Waals surface area contributed by atoms with Gasteiger partial charge in [-0.1, -0.05) is 6.92 Å². The molecule has 2 heterocycles. The van der Waals surface area contributed by atoms with E-state index in [1.807, 2.05) is 13.8 Å². The fourth-order valence-electron chi connectivity index (χ4n) is 1.77. The Hall–Kier alpha value is -1.51. The molecule has 74 valence electrons. The number of aromatic nitrogens is 1. The Bertz CT molecular complexity index is 491. The molecule has 0 saturated carbocycles. The Morgan fingerprint density at radius 3 is 2.86 bits per heavy atom. The highest BCUT2D eigenvalue weighted by Gasteiger charge is 2.17. The Balaban J connectivity index is 2.78. The van der Waals surface area contributed by atoms with Crippen LogP contribution in [0, 0.1) is 6.92 Å². The number of carbonyl (C=O) groups is 1. The first-order valence-electron chi connectivity index (χ1n) is 4.74. The first-order valence-corrected chi connectivity index (χ1v) is 4.74. The lowest BCUT2D eigenvalue weighted by molar-refractivity contribution is 0.101. The minimum atomic E-state index is 0.0626. The summed E-state index contributed by atoms with van der Waals surface area (Å²) in [6, 6.07) is 0. The average molecular weight is 191 g/mol. The van der Waals surface area contributed by atoms with Gasteiger partial charge in [-0.2, -0.15) is 0 Å². The van der Waals surface area contributed by atoms with E-state index in [4.69, 9.17) is 4.42 Å². The van der Waals surface area contributed by atoms with E-state index >= 15 is 0 Å². The second kappa shape index (κ2) is 3.01. The van der Waals surface area contributed by atoms with Gasteiger partial charge >= 0.3 is 0 Å². The number of furan rings is 1. The number of aryl methyl sites for hydroxylation is 2. The molecule has 0 amide bonds. The van der Waals surface area contributed by atoms with Crippen LogP contribution in [-0.4, -0.2) is 10.8 Å². The van der Waals surface area contributed by atoms with Gasteiger partial charge in [-0.05, 0) is 13.3 Å². The van der Waals surface area contributed by atoms with Gasteiger partial charge in [0.15, 0.2) is 11.4 Å². The number of hydrogen-bond donors (Lipinski definition) is 1. The maximum atomic E-state index is 11.3. The van der Waals surface area contributed by atoms with Crippen molar-refractivity contribution in [3.8, 4) is 0 Å². The van der Waals surface area contributed by atoms with Gasteiger partial charge in [0.1, 0.15) is 0 Å². The van der Waals surface area contributed by atoms with Crippen LogP contribution in [0.25, 0.3) is 11.1 Å². The minimum absolute atomic E-state index is 0.0626. The van der Waals surface area contributed by atoms with Gasteiger partial charge in [-0.25, -0.2) is 0 Å². The zero-order valence-corrected chi connectivity index (χ0v) is 8.60. The lowest BCUT2D eigenvalue weighted by Crippen LogP contribution is -1.96. The van der Waals surface area contributed by atoms with Crippen molar-refractivity contribution in [3.63, 3.8) is 0 Å². The predicted molar refractivity (Wildman–Crippen MR) is 54.7 cm³/mol. The topological polar surface area (TPSA) is 46.0 Å². The number of fused-ring (bicyclic) bond motifs is 1. The maximum absolute atomic E-state index is 11.3. The summed E-state index contributed by atoms with van der Waals surface area (Å²) in [7, 11) is 0. The van der Waals surface area contributed by atoms with Crippen LogP contribution in [0.4, 0.5) is 0 Å². The lowest BCUT2D eigenvalue weighted by Gasteiger charge is -1.94. The van der Waals surface area contributed by atoms with Crippen molar-refractivity contribution in [3.05, 3.63) is 23.1 Å². The summed E-state index contributed by atoms with van der Waals surface area (Å²) >= 11 is 0. The van der Waals surface area contributed by atoms with Gasteiger partial charge in [-0.3, -0.25) is 4.79 Å². The van der Waals surface area contributed by atoms with E-state index in [1.165, 1.54) is 0 Å². The molecule has 0 unspecified atom stereocenters. The summed E-state index contributed by atoms with van der Waals surface area (Å²) in [5, 5.41) is 0. The first kappa shape index (κ1) is 9.06. The van der Waals surface area contributed by atoms with Crippen molar-refractivity contribution in [1.82, 2.24) is 4.98 Å². The molecule has 0 bridgehead atoms. The summed E-state index contributed by atoms with van der Waals surface area (Å²) in [6.45, 7) is 5.55. The van der Waals surface area contributed by atoms with Crippen molar-refractivity contribution in [2.24, 2.45) is 0 Å². The standard InChI is InChI=1S/C11H13NO2/c1-4-8-10(7(3)13)12-9-6(2)5-14-11(8)9/h5,12H,4H2,1-3H3. The van der Waals surface area contributed by atoms with Crippen LogP contribution in [0.5, 0.6) is 0 Å². The fourth-order valence-corrected chi connectivity index (χ4v) is 1.77. The second-order valence-corrected chi connectivity index (χ2v) is 3.51. The predicted octanol–water partition coefficient (Wildman–Crippen LogP) is 2.83. The molecule has 0 fully saturated rings. The van der Waals surface area contributed by atoms with Gasteiger partial charge in [0.25, 0.3) is 0 Å². The van der Waals surface area contributed by atoms with E-state index in [2.05, 4.69) is 4.98 Å². The van der Waals surface area contributed by atoms with Crippen LogP contribution in [0.3, 0.4) is 0 Å². The smallest absolute Gasteiger partial charge is 0.176 e. The van der Waals surface area contributed by atoms with Gasteiger partial charge in [-0.15, -0.1) is 0 Å². The van der Waals surface area contributed by atoms with Gasteiger partial charge in [0, 0.05) is 18.1 Å². The Kier molecular flexibility index (Phi) is 1.95. The number of hydrogen-bond acceptors (Lipinski definition) is 2. The molecule has 0 atom stereocenters. The van der Waals surface area contributed by atoms with Crippen LogP contribution in [0.15, 0.2) is 10.7 Å². The minimum Gasteiger partial charge on any atom is -0.462 e.